The van der Waals surface area contributed by atoms with E-state index in [1.807, 2.05) is 65.5 Å². The van der Waals surface area contributed by atoms with Crippen LogP contribution < -0.4 is 44.0 Å². The van der Waals surface area contributed by atoms with Gasteiger partial charge >= 0.3 is 19.5 Å². The number of carboxylic acid groups (broad SMARTS) is 4. The second-order valence-electron chi connectivity index (χ2n) is 23.1. The minimum Gasteiger partial charge on any atom is -0.862 e. The molecular formula is C76H72N10O10Zn. The molecule has 21 heteroatoms. The number of fused-ring (bicyclic) bond motifs is 9. The van der Waals surface area contributed by atoms with E-state index in [4.69, 9.17) is 59.3 Å². The molecule has 0 spiro atoms. The second kappa shape index (κ2) is 32.2. The average Bonchev–Trinajstić information content (AvgIpc) is 1.54. The van der Waals surface area contributed by atoms with Crippen LogP contribution in [0.1, 0.15) is 92.6 Å². The summed E-state index contributed by atoms with van der Waals surface area (Å²) in [6.45, 7) is 9.16. The number of allylic oxidation sites excluding steroid dienone is 12. The van der Waals surface area contributed by atoms with E-state index in [-0.39, 0.29) is 25.4 Å². The molecule has 13 rings (SSSR count). The molecule has 2 N–H and O–H groups in total. The molecule has 97 heavy (non-hydrogen) atoms. The van der Waals surface area contributed by atoms with Crippen LogP contribution in [0.15, 0.2) is 226 Å². The Kier molecular flexibility index (Phi) is 23.8. The zero-order valence-electron chi connectivity index (χ0n) is 55.7. The summed E-state index contributed by atoms with van der Waals surface area (Å²) >= 11 is 0. The number of rotatable bonds is 11. The van der Waals surface area contributed by atoms with Crippen molar-refractivity contribution >= 4 is 107 Å². The number of hydrogen-bond donors (Lipinski definition) is 2. The van der Waals surface area contributed by atoms with Gasteiger partial charge in [0.05, 0.1) is 52.5 Å². The largest absolute Gasteiger partial charge is 2.00 e. The van der Waals surface area contributed by atoms with E-state index in [0.29, 0.717) is 12.1 Å². The van der Waals surface area contributed by atoms with Crippen LogP contribution >= 0.6 is 0 Å². The Balaban J connectivity index is 0.000000640. The number of carbonyl (C=O) groups is 4. The number of nitrogens with zero attached hydrogens (tertiary/aromatic N) is 8. The number of ether oxygens (including phenoxy) is 1. The van der Waals surface area contributed by atoms with Crippen LogP contribution in [0.25, 0.3) is 54.9 Å². The molecule has 0 saturated carbocycles. The summed E-state index contributed by atoms with van der Waals surface area (Å²) in [4.78, 5) is 66.0. The first kappa shape index (κ1) is 71.5. The molecule has 0 radical (unpaired) electrons. The molecule has 5 aliphatic rings. The minimum atomic E-state index is -1.08. The van der Waals surface area contributed by atoms with Gasteiger partial charge in [0, 0.05) is 135 Å². The summed E-state index contributed by atoms with van der Waals surface area (Å²) in [6.07, 6.45) is 36.6. The van der Waals surface area contributed by atoms with Crippen molar-refractivity contribution in [1.29, 1.82) is 0 Å². The number of aromatic nitrogens is 5. The maximum Gasteiger partial charge on any atom is 2.00 e. The molecule has 0 fully saturated rings. The number of aryl methyl sites for hydroxylation is 5. The van der Waals surface area contributed by atoms with Gasteiger partial charge in [-0.15, -0.1) is 0 Å². The van der Waals surface area contributed by atoms with Gasteiger partial charge in [-0.25, -0.2) is 28.7 Å². The van der Waals surface area contributed by atoms with Gasteiger partial charge in [-0.05, 0) is 197 Å². The summed E-state index contributed by atoms with van der Waals surface area (Å²) < 4.78 is 11.9. The standard InChI is InChI=1S/C68H59N10O2.4C2H4O2.Zn/c1-42-52-41-78(39-31-50(52)43(2)68-63(42)51-40-49(80-6)15-16-53(51)74-68)32-9-7-8-10-62(79)69-48-13-11-44(12-14-48)64-54-17-19-56(70-54)65(45-25-33-75(3)34-26-45)58-21-23-60(72-58)67(47-29-37-77(5)38-30-47)61-24-22-59(73-61)66(57-20-18-55(64)71-57)46-27-35-76(4)36-28-46;4*1-2(3)4;/h11-31,33-41H,7-10,32H2,1-6H3,(H-,69,70,71,72,73,79);4*1H3,(H,3,4);/q+1;;;;;+2/p-3. The fourth-order valence-electron chi connectivity index (χ4n) is 11.5. The van der Waals surface area contributed by atoms with E-state index in [1.165, 1.54) is 38.2 Å². The Hall–Kier alpha value is -11.3. The molecule has 5 aliphatic heterocycles. The van der Waals surface area contributed by atoms with Crippen molar-refractivity contribution in [2.24, 2.45) is 34.1 Å². The van der Waals surface area contributed by atoms with Gasteiger partial charge in [-0.1, -0.05) is 12.1 Å². The van der Waals surface area contributed by atoms with Crippen molar-refractivity contribution in [3.8, 4) is 5.75 Å². The first-order valence-electron chi connectivity index (χ1n) is 30.9. The second-order valence-corrected chi connectivity index (χ2v) is 23.1. The molecule has 8 bridgehead atoms. The Morgan fingerprint density at radius 1 is 0.536 bits per heavy atom. The number of unbranched alkanes of at least 4 members (excludes halogenated alkanes) is 2. The van der Waals surface area contributed by atoms with E-state index in [2.05, 4.69) is 186 Å². The number of aliphatic carboxylic acids is 4. The number of aromatic amines is 2. The normalized spacial score (nSPS) is 14.2. The molecule has 0 unspecified atom stereocenters. The van der Waals surface area contributed by atoms with Gasteiger partial charge in [0.15, 0.2) is 37.2 Å². The predicted octanol–water partition coefficient (Wildman–Crippen LogP) is 6.39. The number of carbonyl (C=O) groups excluding carboxylic acids is 4. The minimum absolute atomic E-state index is 0. The molecule has 488 valence electrons. The molecule has 0 amide bonds. The molecule has 10 heterocycles. The molecule has 3 aromatic carbocycles. The van der Waals surface area contributed by atoms with Crippen molar-refractivity contribution in [2.45, 2.75) is 73.8 Å². The Labute approximate surface area is 574 Å². The zero-order valence-corrected chi connectivity index (χ0v) is 58.7. The summed E-state index contributed by atoms with van der Waals surface area (Å²) in [7, 11) is 7.77. The summed E-state index contributed by atoms with van der Waals surface area (Å²) in [5.74, 6) is -3.61. The third kappa shape index (κ3) is 17.7. The van der Waals surface area contributed by atoms with E-state index < -0.39 is 23.9 Å². The van der Waals surface area contributed by atoms with E-state index >= 15 is 0 Å². The first-order chi connectivity index (χ1) is 46.0. The zero-order chi connectivity index (χ0) is 68.9. The molecule has 0 aliphatic carbocycles. The smallest absolute Gasteiger partial charge is 0.862 e. The molecule has 0 saturated heterocycles. The van der Waals surface area contributed by atoms with Gasteiger partial charge in [-0.3, -0.25) is 4.99 Å². The topological polar surface area (TPSA) is 289 Å². The van der Waals surface area contributed by atoms with Crippen molar-refractivity contribution < 1.29 is 82.6 Å². The van der Waals surface area contributed by atoms with E-state index in [9.17, 15) is 5.11 Å². The number of H-pyrrole nitrogens is 2. The van der Waals surface area contributed by atoms with Crippen molar-refractivity contribution in [1.82, 2.24) is 14.9 Å². The van der Waals surface area contributed by atoms with Crippen molar-refractivity contribution in [3.05, 3.63) is 245 Å². The number of nitrogens with one attached hydrogen (secondary N) is 2. The van der Waals surface area contributed by atoms with Crippen LogP contribution in [0, 0.1) is 13.8 Å². The van der Waals surface area contributed by atoms with Gasteiger partial charge < -0.3 is 64.3 Å². The number of hydrogen-bond acceptors (Lipinski definition) is 15. The van der Waals surface area contributed by atoms with Gasteiger partial charge in [0.25, 0.3) is 0 Å². The van der Waals surface area contributed by atoms with Crippen molar-refractivity contribution in [2.75, 3.05) is 14.2 Å². The predicted molar refractivity (Wildman–Crippen MR) is 363 cm³/mol. The maximum absolute atomic E-state index is 13.4. The first-order valence-corrected chi connectivity index (χ1v) is 30.9. The SMILES string of the molecule is CC(=O)[O-].CC(=O)[O-].CC(=O)[O-].CC(=O)[O-].COc1ccc2[nH]c3c(C)c4cc[n+](CCCCCC([O-])=Nc5ccc(C6=C7C=CC(=N7)C(c7cc[n+](C)cc7)=C7C=CC(=N7)C(c7cc[n+](C)cc7)=C7C=CC(=N7)C(=C7C=CN(C)C=C7)c7ccc6[nH]7)cc5)cc4c(C)c3c2c1.[Zn+2]. The Morgan fingerprint density at radius 2 is 1.02 bits per heavy atom. The van der Waals surface area contributed by atoms with Crippen LogP contribution in [0.3, 0.4) is 0 Å². The third-order valence-corrected chi connectivity index (χ3v) is 15.8. The Bertz CT molecular complexity index is 4740. The van der Waals surface area contributed by atoms with Crippen LogP contribution in [0.4, 0.5) is 5.69 Å². The van der Waals surface area contributed by atoms with Crippen LogP contribution in [0.2, 0.25) is 0 Å². The fraction of sp³-hybridized carbons (Fsp3) is 0.197. The maximum atomic E-state index is 13.4. The number of carboxylic acids is 4. The number of pyridine rings is 3. The van der Waals surface area contributed by atoms with Gasteiger partial charge in [-0.2, -0.15) is 0 Å². The third-order valence-electron chi connectivity index (χ3n) is 15.8. The van der Waals surface area contributed by atoms with Crippen LogP contribution in [-0.2, 0) is 59.3 Å². The monoisotopic (exact) mass is 1350 g/mol. The quantitative estimate of drug-likeness (QED) is 0.0470. The number of benzene rings is 3. The fourth-order valence-corrected chi connectivity index (χ4v) is 11.5. The molecular weight excluding hydrogens is 1280 g/mol. The molecule has 0 atom stereocenters. The molecule has 20 nitrogen and oxygen atoms in total. The average molecular weight is 1350 g/mol. The molecule has 5 aromatic heterocycles. The van der Waals surface area contributed by atoms with Gasteiger partial charge in [0.1, 0.15) is 26.4 Å². The summed E-state index contributed by atoms with van der Waals surface area (Å²) in [6, 6.07) is 29.1. The van der Waals surface area contributed by atoms with E-state index in [0.717, 1.165) is 155 Å². The number of methoxy groups -OCH3 is 1. The van der Waals surface area contributed by atoms with Crippen molar-refractivity contribution in [3.63, 3.8) is 0 Å². The molecule has 8 aromatic rings. The summed E-state index contributed by atoms with van der Waals surface area (Å²) in [5, 5.41) is 53.9. The number of aliphatic imine (C=N–C) groups is 4. The Morgan fingerprint density at radius 3 is 1.54 bits per heavy atom. The summed E-state index contributed by atoms with van der Waals surface area (Å²) in [5.41, 5.74) is 19.8. The van der Waals surface area contributed by atoms with Crippen LogP contribution in [0.5, 0.6) is 5.75 Å². The van der Waals surface area contributed by atoms with Crippen LogP contribution in [-0.4, -0.2) is 75.9 Å². The van der Waals surface area contributed by atoms with E-state index in [1.54, 1.807) is 7.11 Å². The van der Waals surface area contributed by atoms with Gasteiger partial charge in [0.2, 0.25) is 0 Å².